The molecule has 0 fully saturated rings. The van der Waals surface area contributed by atoms with Gasteiger partial charge in [0, 0.05) is 23.2 Å². The normalized spacial score (nSPS) is 11.7. The third-order valence-corrected chi connectivity index (χ3v) is 5.02. The van der Waals surface area contributed by atoms with Gasteiger partial charge in [-0.3, -0.25) is 4.79 Å². The van der Waals surface area contributed by atoms with Gasteiger partial charge >= 0.3 is 0 Å². The second-order valence-corrected chi connectivity index (χ2v) is 6.70. The molecule has 0 radical (unpaired) electrons. The van der Waals surface area contributed by atoms with Crippen molar-refractivity contribution in [3.63, 3.8) is 0 Å². The van der Waals surface area contributed by atoms with Crippen LogP contribution in [0.5, 0.6) is 0 Å². The number of fused-ring (bicyclic) bond motifs is 1. The third-order valence-electron chi connectivity index (χ3n) is 5.02. The van der Waals surface area contributed by atoms with Gasteiger partial charge in [0.1, 0.15) is 6.29 Å². The van der Waals surface area contributed by atoms with E-state index in [4.69, 9.17) is 6.42 Å². The van der Waals surface area contributed by atoms with Crippen LogP contribution in [0.2, 0.25) is 0 Å². The highest BCUT2D eigenvalue weighted by atomic mass is 16.1. The van der Waals surface area contributed by atoms with Crippen LogP contribution in [0.25, 0.3) is 16.8 Å². The number of benzene rings is 2. The molecule has 0 aliphatic rings. The number of hydrogen-bond acceptors (Lipinski definition) is 1. The molecule has 4 rings (SSSR count). The number of aldehydes is 1. The first kappa shape index (κ1) is 17.6. The average molecular weight is 361 g/mol. The first-order valence-corrected chi connectivity index (χ1v) is 9.09. The van der Waals surface area contributed by atoms with Crippen molar-refractivity contribution in [2.24, 2.45) is 0 Å². The standard InChI is InChI=1S/C26H19NO/c1-3-20-12-14-21(15-13-20)25-17-23(24-11-7-8-16-27(24)25)26(19(2)18-28)22-9-5-4-6-10-22/h1,4-18,26H,2H2/t26-/m1/s1. The van der Waals surface area contributed by atoms with Crippen LogP contribution in [0.3, 0.4) is 0 Å². The highest BCUT2D eigenvalue weighted by Gasteiger charge is 2.22. The molecule has 0 aliphatic carbocycles. The molecular weight excluding hydrogens is 342 g/mol. The van der Waals surface area contributed by atoms with E-state index in [0.29, 0.717) is 5.57 Å². The smallest absolute Gasteiger partial charge is 0.146 e. The first-order chi connectivity index (χ1) is 13.7. The number of rotatable bonds is 5. The minimum atomic E-state index is -0.199. The Morgan fingerprint density at radius 1 is 1.00 bits per heavy atom. The summed E-state index contributed by atoms with van der Waals surface area (Å²) in [5.41, 5.74) is 6.65. The van der Waals surface area contributed by atoms with Gasteiger partial charge in [-0.05, 0) is 52.6 Å². The number of pyridine rings is 1. The van der Waals surface area contributed by atoms with Gasteiger partial charge in [-0.15, -0.1) is 6.42 Å². The Balaban J connectivity index is 1.95. The van der Waals surface area contributed by atoms with Gasteiger partial charge in [0.25, 0.3) is 0 Å². The van der Waals surface area contributed by atoms with Crippen LogP contribution in [-0.2, 0) is 4.79 Å². The maximum absolute atomic E-state index is 11.7. The summed E-state index contributed by atoms with van der Waals surface area (Å²) in [6.45, 7) is 4.04. The summed E-state index contributed by atoms with van der Waals surface area (Å²) in [7, 11) is 0. The van der Waals surface area contributed by atoms with Gasteiger partial charge in [0.05, 0.1) is 5.69 Å². The lowest BCUT2D eigenvalue weighted by atomic mass is 9.86. The predicted octanol–water partition coefficient (Wildman–Crippen LogP) is 5.47. The molecule has 134 valence electrons. The molecule has 2 aromatic heterocycles. The van der Waals surface area contributed by atoms with E-state index in [1.54, 1.807) is 0 Å². The summed E-state index contributed by atoms with van der Waals surface area (Å²) in [6, 6.07) is 26.2. The van der Waals surface area contributed by atoms with Crippen LogP contribution < -0.4 is 0 Å². The Kier molecular flexibility index (Phi) is 4.66. The lowest BCUT2D eigenvalue weighted by Crippen LogP contribution is -2.04. The van der Waals surface area contributed by atoms with Gasteiger partial charge in [0.15, 0.2) is 0 Å². The van der Waals surface area contributed by atoms with Crippen LogP contribution in [0.15, 0.2) is 97.2 Å². The number of aromatic nitrogens is 1. The van der Waals surface area contributed by atoms with E-state index in [2.05, 4.69) is 29.0 Å². The second-order valence-electron chi connectivity index (χ2n) is 6.70. The van der Waals surface area contributed by atoms with Crippen LogP contribution in [-0.4, -0.2) is 10.7 Å². The molecule has 28 heavy (non-hydrogen) atoms. The Bertz CT molecular complexity index is 1190. The summed E-state index contributed by atoms with van der Waals surface area (Å²) in [4.78, 5) is 11.7. The summed E-state index contributed by atoms with van der Waals surface area (Å²) >= 11 is 0. The first-order valence-electron chi connectivity index (χ1n) is 9.09. The number of allylic oxidation sites excluding steroid dienone is 1. The molecule has 2 heteroatoms. The zero-order valence-corrected chi connectivity index (χ0v) is 15.4. The zero-order chi connectivity index (χ0) is 19.5. The van der Waals surface area contributed by atoms with Crippen molar-refractivity contribution >= 4 is 11.8 Å². The molecule has 4 aromatic rings. The Hall–Kier alpha value is -3.83. The molecule has 2 heterocycles. The van der Waals surface area contributed by atoms with Gasteiger partial charge in [-0.1, -0.05) is 61.0 Å². The monoisotopic (exact) mass is 361 g/mol. The highest BCUT2D eigenvalue weighted by molar-refractivity contribution is 5.81. The lowest BCUT2D eigenvalue weighted by molar-refractivity contribution is -0.105. The third kappa shape index (κ3) is 3.04. The molecule has 0 amide bonds. The molecular formula is C26H19NO. The highest BCUT2D eigenvalue weighted by Crippen LogP contribution is 2.37. The average Bonchev–Trinajstić information content (AvgIpc) is 3.14. The van der Waals surface area contributed by atoms with Crippen LogP contribution in [0.1, 0.15) is 22.6 Å². The van der Waals surface area contributed by atoms with Crippen molar-refractivity contribution in [2.75, 3.05) is 0 Å². The SMILES string of the molecule is C#Cc1ccc(-c2cc([C@H](C(=C)C=O)c3ccccc3)c3ccccn23)cc1. The van der Waals surface area contributed by atoms with Crippen molar-refractivity contribution in [2.45, 2.75) is 5.92 Å². The van der Waals surface area contributed by atoms with E-state index in [0.717, 1.165) is 39.8 Å². The number of hydrogen-bond donors (Lipinski definition) is 0. The van der Waals surface area contributed by atoms with Crippen molar-refractivity contribution in [1.29, 1.82) is 0 Å². The van der Waals surface area contributed by atoms with Gasteiger partial charge in [-0.25, -0.2) is 0 Å². The van der Waals surface area contributed by atoms with E-state index < -0.39 is 0 Å². The van der Waals surface area contributed by atoms with Gasteiger partial charge in [0.2, 0.25) is 0 Å². The van der Waals surface area contributed by atoms with E-state index >= 15 is 0 Å². The summed E-state index contributed by atoms with van der Waals surface area (Å²) in [5.74, 6) is 2.45. The fourth-order valence-electron chi connectivity index (χ4n) is 3.68. The predicted molar refractivity (Wildman–Crippen MR) is 114 cm³/mol. The van der Waals surface area contributed by atoms with Crippen molar-refractivity contribution in [1.82, 2.24) is 4.40 Å². The molecule has 0 aliphatic heterocycles. The van der Waals surface area contributed by atoms with E-state index in [9.17, 15) is 4.79 Å². The molecule has 0 unspecified atom stereocenters. The Morgan fingerprint density at radius 2 is 1.71 bits per heavy atom. The minimum absolute atomic E-state index is 0.199. The van der Waals surface area contributed by atoms with E-state index in [-0.39, 0.29) is 5.92 Å². The summed E-state index contributed by atoms with van der Waals surface area (Å²) in [6.07, 6.45) is 8.38. The summed E-state index contributed by atoms with van der Waals surface area (Å²) < 4.78 is 2.15. The number of nitrogens with zero attached hydrogens (tertiary/aromatic N) is 1. The zero-order valence-electron chi connectivity index (χ0n) is 15.4. The van der Waals surface area contributed by atoms with Crippen LogP contribution in [0, 0.1) is 12.3 Å². The molecule has 0 saturated carbocycles. The summed E-state index contributed by atoms with van der Waals surface area (Å²) in [5, 5.41) is 0. The fourth-order valence-corrected chi connectivity index (χ4v) is 3.68. The molecule has 1 atom stereocenters. The van der Waals surface area contributed by atoms with Crippen LogP contribution >= 0.6 is 0 Å². The quantitative estimate of drug-likeness (QED) is 0.262. The maximum Gasteiger partial charge on any atom is 0.146 e. The maximum atomic E-state index is 11.7. The Morgan fingerprint density at radius 3 is 2.39 bits per heavy atom. The van der Waals surface area contributed by atoms with Gasteiger partial charge < -0.3 is 4.40 Å². The number of carbonyl (C=O) groups is 1. The van der Waals surface area contributed by atoms with Crippen LogP contribution in [0.4, 0.5) is 0 Å². The van der Waals surface area contributed by atoms with Crippen molar-refractivity contribution in [3.8, 4) is 23.6 Å². The largest absolute Gasteiger partial charge is 0.316 e. The fraction of sp³-hybridized carbons (Fsp3) is 0.0385. The molecule has 2 nitrogen and oxygen atoms in total. The molecule has 0 spiro atoms. The van der Waals surface area contributed by atoms with E-state index in [1.165, 1.54) is 0 Å². The molecule has 0 bridgehead atoms. The number of carbonyl (C=O) groups excluding carboxylic acids is 1. The van der Waals surface area contributed by atoms with Crippen molar-refractivity contribution < 1.29 is 4.79 Å². The minimum Gasteiger partial charge on any atom is -0.316 e. The van der Waals surface area contributed by atoms with Gasteiger partial charge in [-0.2, -0.15) is 0 Å². The lowest BCUT2D eigenvalue weighted by Gasteiger charge is -2.16. The van der Waals surface area contributed by atoms with E-state index in [1.807, 2.05) is 72.9 Å². The van der Waals surface area contributed by atoms with Crippen molar-refractivity contribution in [3.05, 3.63) is 114 Å². The number of terminal acetylenes is 1. The molecule has 2 aromatic carbocycles. The second kappa shape index (κ2) is 7.42. The Labute approximate surface area is 164 Å². The topological polar surface area (TPSA) is 21.5 Å². The molecule has 0 saturated heterocycles. The molecule has 0 N–H and O–H groups in total.